The number of likely N-dealkylation sites (tertiary alicyclic amines) is 1. The van der Waals surface area contributed by atoms with Crippen molar-refractivity contribution in [1.82, 2.24) is 24.8 Å². The molecule has 134 valence electrons. The van der Waals surface area contributed by atoms with E-state index in [1.165, 1.54) is 0 Å². The van der Waals surface area contributed by atoms with E-state index in [1.54, 1.807) is 6.33 Å². The maximum absolute atomic E-state index is 12.5. The van der Waals surface area contributed by atoms with E-state index in [-0.39, 0.29) is 11.9 Å². The molecule has 6 heteroatoms. The summed E-state index contributed by atoms with van der Waals surface area (Å²) in [4.78, 5) is 23.5. The Bertz CT molecular complexity index is 697. The second-order valence-corrected chi connectivity index (χ2v) is 7.20. The molecule has 1 aliphatic heterocycles. The van der Waals surface area contributed by atoms with E-state index >= 15 is 0 Å². The van der Waals surface area contributed by atoms with Gasteiger partial charge in [-0.2, -0.15) is 0 Å². The van der Waals surface area contributed by atoms with Crippen LogP contribution in [-0.4, -0.2) is 44.5 Å². The third-order valence-electron chi connectivity index (χ3n) is 4.85. The van der Waals surface area contributed by atoms with Crippen LogP contribution in [0.4, 0.5) is 0 Å². The van der Waals surface area contributed by atoms with E-state index in [0.29, 0.717) is 17.7 Å². The lowest BCUT2D eigenvalue weighted by molar-refractivity contribution is 0.0855. The zero-order valence-corrected chi connectivity index (χ0v) is 15.2. The number of rotatable bonds is 5. The summed E-state index contributed by atoms with van der Waals surface area (Å²) in [6, 6.07) is 6.52. The summed E-state index contributed by atoms with van der Waals surface area (Å²) in [5, 5.41) is 3.16. The Labute approximate surface area is 149 Å². The van der Waals surface area contributed by atoms with Gasteiger partial charge in [-0.15, -0.1) is 0 Å². The SMILES string of the molecule is CC(C)n1cnc(C(=O)N[C@H]2CCN(Cc3ccccn3)C[C@@H]2C)c1. The van der Waals surface area contributed by atoms with Crippen LogP contribution in [0, 0.1) is 5.92 Å². The van der Waals surface area contributed by atoms with Gasteiger partial charge >= 0.3 is 0 Å². The molecule has 3 heterocycles. The van der Waals surface area contributed by atoms with Crippen molar-refractivity contribution in [3.05, 3.63) is 48.3 Å². The van der Waals surface area contributed by atoms with E-state index in [1.807, 2.05) is 29.1 Å². The molecule has 2 aromatic heterocycles. The average molecular weight is 341 g/mol. The lowest BCUT2D eigenvalue weighted by atomic mass is 9.93. The van der Waals surface area contributed by atoms with Gasteiger partial charge in [-0.1, -0.05) is 13.0 Å². The van der Waals surface area contributed by atoms with E-state index in [4.69, 9.17) is 0 Å². The first-order chi connectivity index (χ1) is 12.0. The number of piperidine rings is 1. The Morgan fingerprint density at radius 2 is 2.20 bits per heavy atom. The van der Waals surface area contributed by atoms with Crippen LogP contribution < -0.4 is 5.32 Å². The summed E-state index contributed by atoms with van der Waals surface area (Å²) in [7, 11) is 0. The summed E-state index contributed by atoms with van der Waals surface area (Å²) in [5.74, 6) is 0.322. The van der Waals surface area contributed by atoms with Crippen molar-refractivity contribution in [2.24, 2.45) is 5.92 Å². The topological polar surface area (TPSA) is 63.1 Å². The van der Waals surface area contributed by atoms with Gasteiger partial charge in [0.05, 0.1) is 12.0 Å². The van der Waals surface area contributed by atoms with Crippen molar-refractivity contribution >= 4 is 5.91 Å². The number of hydrogen-bond donors (Lipinski definition) is 1. The monoisotopic (exact) mass is 341 g/mol. The Kier molecular flexibility index (Phi) is 5.48. The van der Waals surface area contributed by atoms with Gasteiger partial charge in [0.1, 0.15) is 5.69 Å². The molecule has 0 aliphatic carbocycles. The highest BCUT2D eigenvalue weighted by Crippen LogP contribution is 2.19. The minimum absolute atomic E-state index is 0.0746. The van der Waals surface area contributed by atoms with Crippen molar-refractivity contribution < 1.29 is 4.79 Å². The first-order valence-corrected chi connectivity index (χ1v) is 8.99. The Morgan fingerprint density at radius 3 is 2.84 bits per heavy atom. The zero-order chi connectivity index (χ0) is 17.8. The number of aromatic nitrogens is 3. The summed E-state index contributed by atoms with van der Waals surface area (Å²) in [6.07, 6.45) is 6.33. The van der Waals surface area contributed by atoms with Crippen LogP contribution in [-0.2, 0) is 6.54 Å². The highest BCUT2D eigenvalue weighted by Gasteiger charge is 2.28. The van der Waals surface area contributed by atoms with Crippen LogP contribution >= 0.6 is 0 Å². The van der Waals surface area contributed by atoms with E-state index in [2.05, 4.69) is 47.0 Å². The number of carbonyl (C=O) groups excluding carboxylic acids is 1. The Balaban J connectivity index is 1.53. The summed E-state index contributed by atoms with van der Waals surface area (Å²) in [5.41, 5.74) is 1.59. The number of hydrogen-bond acceptors (Lipinski definition) is 4. The van der Waals surface area contributed by atoms with E-state index < -0.39 is 0 Å². The number of pyridine rings is 1. The molecule has 0 saturated carbocycles. The van der Waals surface area contributed by atoms with Crippen LogP contribution in [0.15, 0.2) is 36.9 Å². The van der Waals surface area contributed by atoms with Gasteiger partial charge < -0.3 is 9.88 Å². The fourth-order valence-corrected chi connectivity index (χ4v) is 3.29. The van der Waals surface area contributed by atoms with Gasteiger partial charge in [-0.25, -0.2) is 4.98 Å². The molecule has 0 radical (unpaired) electrons. The number of carbonyl (C=O) groups is 1. The molecule has 0 unspecified atom stereocenters. The normalized spacial score (nSPS) is 21.4. The number of nitrogens with zero attached hydrogens (tertiary/aromatic N) is 4. The van der Waals surface area contributed by atoms with Crippen LogP contribution in [0.2, 0.25) is 0 Å². The Morgan fingerprint density at radius 1 is 1.36 bits per heavy atom. The smallest absolute Gasteiger partial charge is 0.271 e. The quantitative estimate of drug-likeness (QED) is 0.908. The molecule has 2 aromatic rings. The Hall–Kier alpha value is -2.21. The summed E-state index contributed by atoms with van der Waals surface area (Å²) >= 11 is 0. The molecule has 1 saturated heterocycles. The second kappa shape index (κ2) is 7.78. The standard InChI is InChI=1S/C19H27N5O/c1-14(2)24-12-18(21-13-24)19(25)22-17-7-9-23(10-15(17)3)11-16-6-4-5-8-20-16/h4-6,8,12-15,17H,7,9-11H2,1-3H3,(H,22,25)/t15-,17-/m0/s1. The van der Waals surface area contributed by atoms with Crippen molar-refractivity contribution in [2.75, 3.05) is 13.1 Å². The number of imidazole rings is 1. The first-order valence-electron chi connectivity index (χ1n) is 8.99. The number of amides is 1. The highest BCUT2D eigenvalue weighted by atomic mass is 16.2. The van der Waals surface area contributed by atoms with Gasteiger partial charge in [-0.3, -0.25) is 14.7 Å². The highest BCUT2D eigenvalue weighted by molar-refractivity contribution is 5.92. The molecule has 0 aromatic carbocycles. The van der Waals surface area contributed by atoms with Crippen LogP contribution in [0.25, 0.3) is 0 Å². The first kappa shape index (κ1) is 17.6. The molecule has 1 fully saturated rings. The van der Waals surface area contributed by atoms with Crippen molar-refractivity contribution in [2.45, 2.75) is 45.8 Å². The third-order valence-corrected chi connectivity index (χ3v) is 4.85. The molecule has 0 spiro atoms. The molecule has 3 rings (SSSR count). The second-order valence-electron chi connectivity index (χ2n) is 7.20. The van der Waals surface area contributed by atoms with Gasteiger partial charge in [0.2, 0.25) is 0 Å². The predicted octanol–water partition coefficient (Wildman–Crippen LogP) is 2.50. The lowest BCUT2D eigenvalue weighted by Crippen LogP contribution is -2.49. The molecule has 1 N–H and O–H groups in total. The minimum atomic E-state index is -0.0746. The van der Waals surface area contributed by atoms with Gasteiger partial charge in [0.25, 0.3) is 5.91 Å². The lowest BCUT2D eigenvalue weighted by Gasteiger charge is -2.37. The third kappa shape index (κ3) is 4.45. The largest absolute Gasteiger partial charge is 0.348 e. The minimum Gasteiger partial charge on any atom is -0.348 e. The fraction of sp³-hybridized carbons (Fsp3) is 0.526. The molecular formula is C19H27N5O. The van der Waals surface area contributed by atoms with Crippen molar-refractivity contribution in [1.29, 1.82) is 0 Å². The maximum Gasteiger partial charge on any atom is 0.271 e. The molecule has 6 nitrogen and oxygen atoms in total. The van der Waals surface area contributed by atoms with Crippen molar-refractivity contribution in [3.8, 4) is 0 Å². The average Bonchev–Trinajstić information content (AvgIpc) is 3.09. The molecule has 0 bridgehead atoms. The fourth-order valence-electron chi connectivity index (χ4n) is 3.29. The van der Waals surface area contributed by atoms with E-state index in [0.717, 1.165) is 31.7 Å². The molecule has 1 amide bonds. The summed E-state index contributed by atoms with van der Waals surface area (Å²) < 4.78 is 1.95. The van der Waals surface area contributed by atoms with Crippen molar-refractivity contribution in [3.63, 3.8) is 0 Å². The van der Waals surface area contributed by atoms with Gasteiger partial charge in [-0.05, 0) is 38.3 Å². The molecule has 2 atom stereocenters. The van der Waals surface area contributed by atoms with Crippen LogP contribution in [0.5, 0.6) is 0 Å². The molecule has 25 heavy (non-hydrogen) atoms. The van der Waals surface area contributed by atoms with Gasteiger partial charge in [0, 0.05) is 44.1 Å². The van der Waals surface area contributed by atoms with Crippen LogP contribution in [0.1, 0.15) is 49.4 Å². The predicted molar refractivity (Wildman–Crippen MR) is 97.2 cm³/mol. The molecule has 1 aliphatic rings. The maximum atomic E-state index is 12.5. The van der Waals surface area contributed by atoms with Gasteiger partial charge in [0.15, 0.2) is 0 Å². The zero-order valence-electron chi connectivity index (χ0n) is 15.2. The molecular weight excluding hydrogens is 314 g/mol. The number of nitrogens with one attached hydrogen (secondary N) is 1. The van der Waals surface area contributed by atoms with E-state index in [9.17, 15) is 4.79 Å². The summed E-state index contributed by atoms with van der Waals surface area (Å²) in [6.45, 7) is 9.13. The van der Waals surface area contributed by atoms with Crippen LogP contribution in [0.3, 0.4) is 0 Å².